The van der Waals surface area contributed by atoms with E-state index in [1.54, 1.807) is 38.1 Å². The maximum Gasteiger partial charge on any atom is 0.359 e. The number of hydrogen-bond acceptors (Lipinski definition) is 7. The second-order valence-corrected chi connectivity index (χ2v) is 6.33. The number of urea groups is 1. The molecule has 29 heavy (non-hydrogen) atoms. The van der Waals surface area contributed by atoms with E-state index in [-0.39, 0.29) is 35.7 Å². The zero-order valence-electron chi connectivity index (χ0n) is 16.1. The molecule has 1 aliphatic rings. The minimum Gasteiger partial charge on any atom is -0.463 e. The molecule has 1 atom stereocenters. The number of nitrogens with one attached hydrogen (secondary N) is 2. The largest absolute Gasteiger partial charge is 0.463 e. The van der Waals surface area contributed by atoms with Gasteiger partial charge in [0.2, 0.25) is 0 Å². The van der Waals surface area contributed by atoms with Crippen molar-refractivity contribution in [2.75, 3.05) is 13.2 Å². The number of rotatable bonds is 5. The predicted octanol–water partition coefficient (Wildman–Crippen LogP) is 0.609. The summed E-state index contributed by atoms with van der Waals surface area (Å²) in [6.07, 6.45) is 0. The summed E-state index contributed by atoms with van der Waals surface area (Å²) in [6.45, 7) is 3.07. The zero-order chi connectivity index (χ0) is 21.1. The first-order chi connectivity index (χ1) is 13.8. The number of fused-ring (bicyclic) bond motifs is 1. The molecule has 1 aromatic heterocycles. The molecule has 2 amide bonds. The Labute approximate surface area is 165 Å². The third kappa shape index (κ3) is 3.96. The van der Waals surface area contributed by atoms with Gasteiger partial charge in [0.1, 0.15) is 6.61 Å². The quantitative estimate of drug-likeness (QED) is 0.704. The summed E-state index contributed by atoms with van der Waals surface area (Å²) in [5, 5.41) is 9.71. The van der Waals surface area contributed by atoms with Crippen LogP contribution in [0.5, 0.6) is 0 Å². The molecule has 0 bridgehead atoms. The first-order valence-electron chi connectivity index (χ1n) is 8.94. The molecule has 2 N–H and O–H groups in total. The van der Waals surface area contributed by atoms with Crippen LogP contribution in [-0.4, -0.2) is 47.0 Å². The smallest absolute Gasteiger partial charge is 0.359 e. The molecule has 0 saturated heterocycles. The maximum atomic E-state index is 12.7. The van der Waals surface area contributed by atoms with Gasteiger partial charge in [0.05, 0.1) is 29.3 Å². The molecular formula is C19H20N4O6. The summed E-state index contributed by atoms with van der Waals surface area (Å²) >= 11 is 0. The lowest BCUT2D eigenvalue weighted by Crippen LogP contribution is -2.50. The van der Waals surface area contributed by atoms with Crippen molar-refractivity contribution in [2.45, 2.75) is 19.9 Å². The highest BCUT2D eigenvalue weighted by Crippen LogP contribution is 2.17. The molecule has 10 heteroatoms. The Bertz CT molecular complexity index is 1090. The Kier molecular flexibility index (Phi) is 5.62. The van der Waals surface area contributed by atoms with E-state index in [0.717, 1.165) is 4.68 Å². The topological polar surface area (TPSA) is 129 Å². The number of aryl methyl sites for hydroxylation is 1. The van der Waals surface area contributed by atoms with Crippen molar-refractivity contribution < 1.29 is 23.9 Å². The van der Waals surface area contributed by atoms with Gasteiger partial charge in [-0.3, -0.25) is 4.79 Å². The number of ether oxygens (including phenoxy) is 2. The van der Waals surface area contributed by atoms with E-state index in [0.29, 0.717) is 10.8 Å². The van der Waals surface area contributed by atoms with Crippen LogP contribution in [0.25, 0.3) is 10.8 Å². The molecule has 1 aliphatic heterocycles. The first-order valence-corrected chi connectivity index (χ1v) is 8.94. The summed E-state index contributed by atoms with van der Waals surface area (Å²) in [4.78, 5) is 48.9. The van der Waals surface area contributed by atoms with E-state index in [1.165, 1.54) is 7.05 Å². The van der Waals surface area contributed by atoms with Gasteiger partial charge in [-0.1, -0.05) is 18.2 Å². The van der Waals surface area contributed by atoms with Crippen LogP contribution < -0.4 is 16.2 Å². The Morgan fingerprint density at radius 3 is 2.52 bits per heavy atom. The monoisotopic (exact) mass is 400 g/mol. The highest BCUT2D eigenvalue weighted by Gasteiger charge is 2.30. The molecule has 152 valence electrons. The van der Waals surface area contributed by atoms with E-state index in [9.17, 15) is 19.2 Å². The van der Waals surface area contributed by atoms with Gasteiger partial charge >= 0.3 is 18.0 Å². The van der Waals surface area contributed by atoms with Crippen LogP contribution in [0.15, 0.2) is 40.3 Å². The van der Waals surface area contributed by atoms with Crippen LogP contribution in [0.2, 0.25) is 0 Å². The average Bonchev–Trinajstić information content (AvgIpc) is 2.68. The lowest BCUT2D eigenvalue weighted by Gasteiger charge is -2.26. The molecule has 0 unspecified atom stereocenters. The van der Waals surface area contributed by atoms with Gasteiger partial charge in [-0.2, -0.15) is 5.10 Å². The minimum atomic E-state index is -0.798. The van der Waals surface area contributed by atoms with Gasteiger partial charge in [-0.15, -0.1) is 0 Å². The molecule has 1 aromatic carbocycles. The molecule has 3 rings (SSSR count). The molecule has 2 aromatic rings. The summed E-state index contributed by atoms with van der Waals surface area (Å²) in [5.41, 5.74) is -0.0992. The second kappa shape index (κ2) is 8.13. The van der Waals surface area contributed by atoms with Crippen molar-refractivity contribution in [3.8, 4) is 0 Å². The number of nitrogens with zero attached hydrogens (tertiary/aromatic N) is 2. The van der Waals surface area contributed by atoms with Crippen LogP contribution in [0.4, 0.5) is 4.79 Å². The lowest BCUT2D eigenvalue weighted by molar-refractivity contribution is -0.139. The Morgan fingerprint density at radius 1 is 1.14 bits per heavy atom. The molecule has 0 radical (unpaired) electrons. The van der Waals surface area contributed by atoms with Crippen LogP contribution >= 0.6 is 0 Å². The van der Waals surface area contributed by atoms with E-state index in [2.05, 4.69) is 15.7 Å². The Balaban J connectivity index is 1.91. The summed E-state index contributed by atoms with van der Waals surface area (Å²) in [6, 6.07) is 5.40. The molecule has 0 fully saturated rings. The molecule has 10 nitrogen and oxygen atoms in total. The van der Waals surface area contributed by atoms with Gasteiger partial charge < -0.3 is 20.1 Å². The predicted molar refractivity (Wildman–Crippen MR) is 102 cm³/mol. The summed E-state index contributed by atoms with van der Waals surface area (Å²) in [5.74, 6) is -1.42. The Hall–Kier alpha value is -3.69. The molecule has 0 aliphatic carbocycles. The number of hydrogen-bond donors (Lipinski definition) is 2. The molecule has 0 spiro atoms. The van der Waals surface area contributed by atoms with Crippen molar-refractivity contribution in [2.24, 2.45) is 7.05 Å². The number of carbonyl (C=O) groups excluding carboxylic acids is 3. The normalized spacial score (nSPS) is 16.2. The van der Waals surface area contributed by atoms with Gasteiger partial charge in [-0.05, 0) is 19.9 Å². The van der Waals surface area contributed by atoms with Crippen LogP contribution in [-0.2, 0) is 21.3 Å². The standard InChI is InChI=1S/C19H20N4O6/c1-4-28-17(25)14-10(2)20-19(27)21-13(14)9-29-18(26)15-11-7-5-6-8-12(11)16(24)23(3)22-15/h5-8,10H,4,9H2,1-3H3,(H2,20,21,27)/t10-/m0/s1. The van der Waals surface area contributed by atoms with Crippen molar-refractivity contribution in [3.63, 3.8) is 0 Å². The van der Waals surface area contributed by atoms with Crippen molar-refractivity contribution >= 4 is 28.7 Å². The van der Waals surface area contributed by atoms with Gasteiger partial charge in [0.25, 0.3) is 5.56 Å². The SMILES string of the molecule is CCOC(=O)C1=C(COC(=O)c2nn(C)c(=O)c3ccccc23)NC(=O)N[C@H]1C. The maximum absolute atomic E-state index is 12.7. The molecule has 2 heterocycles. The molecule has 0 saturated carbocycles. The van der Waals surface area contributed by atoms with E-state index in [4.69, 9.17) is 9.47 Å². The zero-order valence-corrected chi connectivity index (χ0v) is 16.1. The van der Waals surface area contributed by atoms with E-state index < -0.39 is 24.0 Å². The fraction of sp³-hybridized carbons (Fsp3) is 0.316. The van der Waals surface area contributed by atoms with Crippen LogP contribution in [0.1, 0.15) is 24.3 Å². The highest BCUT2D eigenvalue weighted by atomic mass is 16.5. The molecular weight excluding hydrogens is 380 g/mol. The second-order valence-electron chi connectivity index (χ2n) is 6.33. The summed E-state index contributed by atoms with van der Waals surface area (Å²) in [7, 11) is 1.43. The number of esters is 2. The number of amides is 2. The fourth-order valence-corrected chi connectivity index (χ4v) is 3.05. The summed E-state index contributed by atoms with van der Waals surface area (Å²) < 4.78 is 11.4. The number of benzene rings is 1. The minimum absolute atomic E-state index is 0.0469. The van der Waals surface area contributed by atoms with Crippen LogP contribution in [0, 0.1) is 0 Å². The first kappa shape index (κ1) is 20.1. The number of aromatic nitrogens is 2. The van der Waals surface area contributed by atoms with Gasteiger partial charge in [0, 0.05) is 12.4 Å². The van der Waals surface area contributed by atoms with Crippen molar-refractivity contribution in [3.05, 3.63) is 51.6 Å². The van der Waals surface area contributed by atoms with E-state index in [1.807, 2.05) is 0 Å². The van der Waals surface area contributed by atoms with Gasteiger partial charge in [0.15, 0.2) is 5.69 Å². The third-order valence-electron chi connectivity index (χ3n) is 4.36. The number of carbonyl (C=O) groups is 3. The fourth-order valence-electron chi connectivity index (χ4n) is 3.05. The average molecular weight is 400 g/mol. The Morgan fingerprint density at radius 2 is 1.83 bits per heavy atom. The highest BCUT2D eigenvalue weighted by molar-refractivity contribution is 6.02. The van der Waals surface area contributed by atoms with Crippen molar-refractivity contribution in [1.82, 2.24) is 20.4 Å². The third-order valence-corrected chi connectivity index (χ3v) is 4.36. The van der Waals surface area contributed by atoms with E-state index >= 15 is 0 Å². The van der Waals surface area contributed by atoms with Crippen LogP contribution in [0.3, 0.4) is 0 Å². The van der Waals surface area contributed by atoms with Crippen molar-refractivity contribution in [1.29, 1.82) is 0 Å². The lowest BCUT2D eigenvalue weighted by atomic mass is 10.0. The van der Waals surface area contributed by atoms with Gasteiger partial charge in [-0.25, -0.2) is 19.1 Å².